The van der Waals surface area contributed by atoms with Crippen molar-refractivity contribution < 1.29 is 22.3 Å². The van der Waals surface area contributed by atoms with Gasteiger partial charge in [-0.15, -0.1) is 23.4 Å². The predicted octanol–water partition coefficient (Wildman–Crippen LogP) is 2.72. The standard InChI is InChI=1S/C11H10F3N3O2S/c12-11(13,14)19-8-3-1-7(2-4-8)6-20-10-17-16-9(5-15)18-10/h1-4H,5-6,15H2. The molecule has 2 N–H and O–H groups in total. The van der Waals surface area contributed by atoms with Crippen molar-refractivity contribution in [2.45, 2.75) is 23.9 Å². The lowest BCUT2D eigenvalue weighted by atomic mass is 10.2. The molecule has 9 heteroatoms. The summed E-state index contributed by atoms with van der Waals surface area (Å²) in [5.41, 5.74) is 6.13. The molecule has 1 aromatic carbocycles. The number of aromatic nitrogens is 2. The Balaban J connectivity index is 1.90. The summed E-state index contributed by atoms with van der Waals surface area (Å²) >= 11 is 1.27. The topological polar surface area (TPSA) is 74.2 Å². The van der Waals surface area contributed by atoms with E-state index in [2.05, 4.69) is 14.9 Å². The summed E-state index contributed by atoms with van der Waals surface area (Å²) in [6, 6.07) is 5.58. The molecule has 2 aromatic rings. The number of ether oxygens (including phenoxy) is 1. The highest BCUT2D eigenvalue weighted by molar-refractivity contribution is 7.98. The first kappa shape index (κ1) is 14.7. The molecule has 108 valence electrons. The number of thioether (sulfide) groups is 1. The molecule has 0 aliphatic rings. The van der Waals surface area contributed by atoms with Gasteiger partial charge in [-0.2, -0.15) is 0 Å². The van der Waals surface area contributed by atoms with E-state index in [0.29, 0.717) is 16.9 Å². The maximum absolute atomic E-state index is 12.0. The fourth-order valence-electron chi connectivity index (χ4n) is 1.31. The average molecular weight is 305 g/mol. The number of halogens is 3. The van der Waals surface area contributed by atoms with Crippen molar-refractivity contribution in [3.63, 3.8) is 0 Å². The molecular weight excluding hydrogens is 295 g/mol. The van der Waals surface area contributed by atoms with Crippen LogP contribution in [-0.4, -0.2) is 16.6 Å². The second-order valence-electron chi connectivity index (χ2n) is 3.65. The van der Waals surface area contributed by atoms with Crippen LogP contribution in [0.5, 0.6) is 5.75 Å². The Morgan fingerprint density at radius 1 is 1.20 bits per heavy atom. The molecule has 0 saturated carbocycles. The summed E-state index contributed by atoms with van der Waals surface area (Å²) in [7, 11) is 0. The molecule has 5 nitrogen and oxygen atoms in total. The zero-order valence-corrected chi connectivity index (χ0v) is 10.9. The van der Waals surface area contributed by atoms with Crippen LogP contribution in [-0.2, 0) is 12.3 Å². The summed E-state index contributed by atoms with van der Waals surface area (Å²) in [6.45, 7) is 0.164. The van der Waals surface area contributed by atoms with Gasteiger partial charge in [-0.05, 0) is 17.7 Å². The van der Waals surface area contributed by atoms with Crippen molar-refractivity contribution in [1.82, 2.24) is 10.2 Å². The Labute approximate surface area is 116 Å². The summed E-state index contributed by atoms with van der Waals surface area (Å²) in [4.78, 5) is 0. The second kappa shape index (κ2) is 6.14. The van der Waals surface area contributed by atoms with Crippen LogP contribution in [0.2, 0.25) is 0 Å². The molecule has 0 atom stereocenters. The van der Waals surface area contributed by atoms with E-state index in [9.17, 15) is 13.2 Å². The van der Waals surface area contributed by atoms with Crippen LogP contribution in [0.15, 0.2) is 33.9 Å². The Bertz CT molecular complexity index is 557. The first-order chi connectivity index (χ1) is 9.46. The monoisotopic (exact) mass is 305 g/mol. The van der Waals surface area contributed by atoms with E-state index >= 15 is 0 Å². The maximum atomic E-state index is 12.0. The molecule has 0 saturated heterocycles. The van der Waals surface area contributed by atoms with Gasteiger partial charge >= 0.3 is 6.36 Å². The summed E-state index contributed by atoms with van der Waals surface area (Å²) in [5.74, 6) is 0.564. The van der Waals surface area contributed by atoms with Crippen LogP contribution in [0.4, 0.5) is 13.2 Å². The highest BCUT2D eigenvalue weighted by Gasteiger charge is 2.30. The minimum absolute atomic E-state index is 0.164. The molecule has 0 aliphatic heterocycles. The first-order valence-electron chi connectivity index (χ1n) is 5.46. The Hall–Kier alpha value is -1.74. The lowest BCUT2D eigenvalue weighted by Crippen LogP contribution is -2.16. The number of nitrogens with two attached hydrogens (primary N) is 1. The molecule has 20 heavy (non-hydrogen) atoms. The third-order valence-electron chi connectivity index (χ3n) is 2.14. The van der Waals surface area contributed by atoms with E-state index in [0.717, 1.165) is 5.56 Å². The van der Waals surface area contributed by atoms with E-state index in [1.54, 1.807) is 0 Å². The van der Waals surface area contributed by atoms with Gasteiger partial charge < -0.3 is 14.9 Å². The molecule has 2 rings (SSSR count). The third kappa shape index (κ3) is 4.42. The molecule has 0 radical (unpaired) electrons. The molecule has 1 aromatic heterocycles. The largest absolute Gasteiger partial charge is 0.573 e. The van der Waals surface area contributed by atoms with Gasteiger partial charge in [0.25, 0.3) is 5.22 Å². The van der Waals surface area contributed by atoms with E-state index < -0.39 is 6.36 Å². The van der Waals surface area contributed by atoms with Crippen molar-refractivity contribution in [1.29, 1.82) is 0 Å². The van der Waals surface area contributed by atoms with Crippen LogP contribution in [0.1, 0.15) is 11.5 Å². The Morgan fingerprint density at radius 2 is 1.90 bits per heavy atom. The van der Waals surface area contributed by atoms with Crippen molar-refractivity contribution in [2.75, 3.05) is 0 Å². The predicted molar refractivity (Wildman–Crippen MR) is 64.9 cm³/mol. The van der Waals surface area contributed by atoms with Crippen molar-refractivity contribution in [2.24, 2.45) is 5.73 Å². The van der Waals surface area contributed by atoms with Crippen molar-refractivity contribution in [3.8, 4) is 5.75 Å². The van der Waals surface area contributed by atoms with Crippen LogP contribution in [0.25, 0.3) is 0 Å². The van der Waals surface area contributed by atoms with Gasteiger partial charge in [0.1, 0.15) is 5.75 Å². The fraction of sp³-hybridized carbons (Fsp3) is 0.273. The molecule has 0 bridgehead atoms. The van der Waals surface area contributed by atoms with Gasteiger partial charge in [0.15, 0.2) is 0 Å². The summed E-state index contributed by atoms with van der Waals surface area (Å²) < 4.78 is 44.9. The molecule has 0 amide bonds. The van der Waals surface area contributed by atoms with Gasteiger partial charge in [-0.1, -0.05) is 23.9 Å². The smallest absolute Gasteiger partial charge is 0.415 e. The summed E-state index contributed by atoms with van der Waals surface area (Å²) in [5, 5.41) is 7.82. The highest BCUT2D eigenvalue weighted by Crippen LogP contribution is 2.25. The summed E-state index contributed by atoms with van der Waals surface area (Å²) in [6.07, 6.45) is -4.68. The Morgan fingerprint density at radius 3 is 2.45 bits per heavy atom. The van der Waals surface area contributed by atoms with E-state index in [4.69, 9.17) is 10.2 Å². The second-order valence-corrected chi connectivity index (χ2v) is 4.57. The van der Waals surface area contributed by atoms with Crippen LogP contribution < -0.4 is 10.5 Å². The van der Waals surface area contributed by atoms with E-state index in [-0.39, 0.29) is 12.3 Å². The van der Waals surface area contributed by atoms with Gasteiger partial charge in [0.05, 0.1) is 6.54 Å². The number of hydrogen-bond acceptors (Lipinski definition) is 6. The quantitative estimate of drug-likeness (QED) is 0.856. The maximum Gasteiger partial charge on any atom is 0.573 e. The third-order valence-corrected chi connectivity index (χ3v) is 3.03. The zero-order chi connectivity index (χ0) is 14.6. The lowest BCUT2D eigenvalue weighted by molar-refractivity contribution is -0.274. The minimum atomic E-state index is -4.68. The molecule has 1 heterocycles. The van der Waals surface area contributed by atoms with Crippen molar-refractivity contribution in [3.05, 3.63) is 35.7 Å². The first-order valence-corrected chi connectivity index (χ1v) is 6.45. The number of rotatable bonds is 5. The van der Waals surface area contributed by atoms with Crippen LogP contribution >= 0.6 is 11.8 Å². The molecular formula is C11H10F3N3O2S. The van der Waals surface area contributed by atoms with Gasteiger partial charge in [-0.25, -0.2) is 0 Å². The normalized spacial score (nSPS) is 11.6. The SMILES string of the molecule is NCc1nnc(SCc2ccc(OC(F)(F)F)cc2)o1. The number of alkyl halides is 3. The Kier molecular flexibility index (Phi) is 4.50. The number of benzene rings is 1. The number of nitrogens with zero attached hydrogens (tertiary/aromatic N) is 2. The molecule has 0 unspecified atom stereocenters. The van der Waals surface area contributed by atoms with Gasteiger partial charge in [0.2, 0.25) is 5.89 Å². The van der Waals surface area contributed by atoms with Gasteiger partial charge in [0, 0.05) is 5.75 Å². The zero-order valence-electron chi connectivity index (χ0n) is 10.1. The highest BCUT2D eigenvalue weighted by atomic mass is 32.2. The van der Waals surface area contributed by atoms with Crippen molar-refractivity contribution >= 4 is 11.8 Å². The van der Waals surface area contributed by atoms with Gasteiger partial charge in [-0.3, -0.25) is 0 Å². The van der Waals surface area contributed by atoms with Crippen LogP contribution in [0, 0.1) is 0 Å². The fourth-order valence-corrected chi connectivity index (χ4v) is 2.05. The average Bonchev–Trinajstić information content (AvgIpc) is 2.84. The molecule has 0 aliphatic carbocycles. The number of hydrogen-bond donors (Lipinski definition) is 1. The minimum Gasteiger partial charge on any atom is -0.415 e. The van der Waals surface area contributed by atoms with Crippen LogP contribution in [0.3, 0.4) is 0 Å². The molecule has 0 spiro atoms. The van der Waals surface area contributed by atoms with E-state index in [1.807, 2.05) is 0 Å². The molecule has 0 fully saturated rings. The van der Waals surface area contributed by atoms with E-state index in [1.165, 1.54) is 36.0 Å². The lowest BCUT2D eigenvalue weighted by Gasteiger charge is -2.08.